The maximum Gasteiger partial charge on any atom is 0.305 e. The SMILES string of the molecule is CNC(C)C(C)Cc1cccc([N+](=O)[O-])c1F. The lowest BCUT2D eigenvalue weighted by atomic mass is 9.94. The fourth-order valence-electron chi connectivity index (χ4n) is 1.67. The van der Waals surface area contributed by atoms with Crippen LogP contribution in [0.3, 0.4) is 0 Å². The van der Waals surface area contributed by atoms with Crippen LogP contribution in [0, 0.1) is 21.8 Å². The quantitative estimate of drug-likeness (QED) is 0.635. The molecule has 0 aliphatic rings. The van der Waals surface area contributed by atoms with Crippen molar-refractivity contribution in [1.29, 1.82) is 0 Å². The molecular weight excluding hydrogens is 223 g/mol. The Kier molecular flexibility index (Phi) is 4.57. The van der Waals surface area contributed by atoms with E-state index in [0.717, 1.165) is 0 Å². The van der Waals surface area contributed by atoms with Gasteiger partial charge in [-0.25, -0.2) is 0 Å². The molecule has 0 fully saturated rings. The largest absolute Gasteiger partial charge is 0.317 e. The van der Waals surface area contributed by atoms with Gasteiger partial charge in [0.1, 0.15) is 0 Å². The van der Waals surface area contributed by atoms with Crippen LogP contribution in [-0.4, -0.2) is 18.0 Å². The monoisotopic (exact) mass is 240 g/mol. The first-order valence-electron chi connectivity index (χ1n) is 5.56. The van der Waals surface area contributed by atoms with Gasteiger partial charge < -0.3 is 5.32 Å². The fourth-order valence-corrected chi connectivity index (χ4v) is 1.67. The minimum Gasteiger partial charge on any atom is -0.317 e. The molecule has 17 heavy (non-hydrogen) atoms. The number of benzene rings is 1. The maximum absolute atomic E-state index is 13.8. The summed E-state index contributed by atoms with van der Waals surface area (Å²) in [6.45, 7) is 3.99. The average Bonchev–Trinajstić information content (AvgIpc) is 2.30. The standard InChI is InChI=1S/C12H17FN2O2/c1-8(9(2)14-3)7-10-5-4-6-11(12(10)13)15(16)17/h4-6,8-9,14H,7H2,1-3H3. The van der Waals surface area contributed by atoms with Crippen LogP contribution < -0.4 is 5.32 Å². The maximum atomic E-state index is 13.8. The lowest BCUT2D eigenvalue weighted by molar-refractivity contribution is -0.387. The molecule has 0 spiro atoms. The predicted octanol–water partition coefficient (Wildman–Crippen LogP) is 2.52. The summed E-state index contributed by atoms with van der Waals surface area (Å²) in [6, 6.07) is 4.54. The summed E-state index contributed by atoms with van der Waals surface area (Å²) in [5.41, 5.74) is -0.0550. The number of nitro groups is 1. The van der Waals surface area contributed by atoms with E-state index >= 15 is 0 Å². The van der Waals surface area contributed by atoms with Crippen LogP contribution in [-0.2, 0) is 6.42 Å². The van der Waals surface area contributed by atoms with Gasteiger partial charge in [0.2, 0.25) is 5.82 Å². The Balaban J connectivity index is 2.92. The lowest BCUT2D eigenvalue weighted by Gasteiger charge is -2.19. The van der Waals surface area contributed by atoms with E-state index in [1.54, 1.807) is 6.07 Å². The number of nitrogens with one attached hydrogen (secondary N) is 1. The number of nitrogens with zero attached hydrogens (tertiary/aromatic N) is 1. The summed E-state index contributed by atoms with van der Waals surface area (Å²) in [5, 5.41) is 13.7. The van der Waals surface area contributed by atoms with Gasteiger partial charge in [0.15, 0.2) is 0 Å². The summed E-state index contributed by atoms with van der Waals surface area (Å²) in [7, 11) is 1.84. The van der Waals surface area contributed by atoms with Crippen molar-refractivity contribution in [1.82, 2.24) is 5.32 Å². The molecular formula is C12H17FN2O2. The van der Waals surface area contributed by atoms with Gasteiger partial charge in [-0.15, -0.1) is 0 Å². The number of nitro benzene ring substituents is 1. The molecule has 2 atom stereocenters. The van der Waals surface area contributed by atoms with Gasteiger partial charge in [0, 0.05) is 12.1 Å². The molecule has 4 nitrogen and oxygen atoms in total. The Morgan fingerprint density at radius 2 is 2.12 bits per heavy atom. The lowest BCUT2D eigenvalue weighted by Crippen LogP contribution is -2.30. The number of rotatable bonds is 5. The fraction of sp³-hybridized carbons (Fsp3) is 0.500. The topological polar surface area (TPSA) is 55.2 Å². The zero-order valence-corrected chi connectivity index (χ0v) is 10.2. The molecule has 0 bridgehead atoms. The van der Waals surface area contributed by atoms with Crippen LogP contribution in [0.4, 0.5) is 10.1 Å². The first-order chi connectivity index (χ1) is 7.97. The molecule has 0 aliphatic carbocycles. The van der Waals surface area contributed by atoms with Crippen molar-refractivity contribution in [3.63, 3.8) is 0 Å². The average molecular weight is 240 g/mol. The van der Waals surface area contributed by atoms with Gasteiger partial charge in [-0.1, -0.05) is 19.1 Å². The molecule has 0 aliphatic heterocycles. The second kappa shape index (κ2) is 5.72. The van der Waals surface area contributed by atoms with Gasteiger partial charge >= 0.3 is 5.69 Å². The molecule has 0 heterocycles. The van der Waals surface area contributed by atoms with Crippen LogP contribution in [0.2, 0.25) is 0 Å². The van der Waals surface area contributed by atoms with Crippen LogP contribution in [0.25, 0.3) is 0 Å². The molecule has 1 aromatic rings. The third kappa shape index (κ3) is 3.23. The first-order valence-corrected chi connectivity index (χ1v) is 5.56. The molecule has 1 N–H and O–H groups in total. The Hall–Kier alpha value is -1.49. The molecule has 0 saturated carbocycles. The minimum absolute atomic E-state index is 0.205. The Labute approximate surface area is 100.0 Å². The number of hydrogen-bond acceptors (Lipinski definition) is 3. The summed E-state index contributed by atoms with van der Waals surface area (Å²) in [6.07, 6.45) is 0.482. The van der Waals surface area contributed by atoms with Crippen molar-refractivity contribution in [3.8, 4) is 0 Å². The van der Waals surface area contributed by atoms with Gasteiger partial charge in [0.05, 0.1) is 4.92 Å². The highest BCUT2D eigenvalue weighted by atomic mass is 19.1. The second-order valence-electron chi connectivity index (χ2n) is 4.27. The zero-order chi connectivity index (χ0) is 13.0. The number of hydrogen-bond donors (Lipinski definition) is 1. The van der Waals surface area contributed by atoms with Crippen molar-refractivity contribution in [2.24, 2.45) is 5.92 Å². The summed E-state index contributed by atoms with van der Waals surface area (Å²) >= 11 is 0. The van der Waals surface area contributed by atoms with Crippen LogP contribution in [0.1, 0.15) is 19.4 Å². The van der Waals surface area contributed by atoms with E-state index in [4.69, 9.17) is 0 Å². The van der Waals surface area contributed by atoms with Crippen molar-refractivity contribution >= 4 is 5.69 Å². The van der Waals surface area contributed by atoms with Gasteiger partial charge in [-0.3, -0.25) is 10.1 Å². The van der Waals surface area contributed by atoms with E-state index in [-0.39, 0.29) is 12.0 Å². The molecule has 0 aromatic heterocycles. The Morgan fingerprint density at radius 1 is 1.47 bits per heavy atom. The highest BCUT2D eigenvalue weighted by molar-refractivity contribution is 5.36. The van der Waals surface area contributed by atoms with E-state index in [9.17, 15) is 14.5 Å². The highest BCUT2D eigenvalue weighted by Crippen LogP contribution is 2.23. The van der Waals surface area contributed by atoms with E-state index < -0.39 is 16.4 Å². The van der Waals surface area contributed by atoms with Gasteiger partial charge in [-0.05, 0) is 31.9 Å². The zero-order valence-electron chi connectivity index (χ0n) is 10.2. The van der Waals surface area contributed by atoms with E-state index in [2.05, 4.69) is 5.32 Å². The Morgan fingerprint density at radius 3 is 2.65 bits per heavy atom. The molecule has 0 saturated heterocycles. The minimum atomic E-state index is -0.715. The predicted molar refractivity (Wildman–Crippen MR) is 64.4 cm³/mol. The highest BCUT2D eigenvalue weighted by Gasteiger charge is 2.19. The van der Waals surface area contributed by atoms with Crippen LogP contribution in [0.5, 0.6) is 0 Å². The van der Waals surface area contributed by atoms with Crippen molar-refractivity contribution in [2.45, 2.75) is 26.3 Å². The molecule has 0 amide bonds. The van der Waals surface area contributed by atoms with Crippen molar-refractivity contribution in [2.75, 3.05) is 7.05 Å². The van der Waals surface area contributed by atoms with E-state index in [1.165, 1.54) is 12.1 Å². The molecule has 94 valence electrons. The normalized spacial score (nSPS) is 14.4. The van der Waals surface area contributed by atoms with Gasteiger partial charge in [-0.2, -0.15) is 4.39 Å². The molecule has 1 rings (SSSR count). The summed E-state index contributed by atoms with van der Waals surface area (Å²) in [5.74, 6) is -0.510. The Bertz CT molecular complexity index is 409. The molecule has 1 aromatic carbocycles. The van der Waals surface area contributed by atoms with Gasteiger partial charge in [0.25, 0.3) is 0 Å². The van der Waals surface area contributed by atoms with Crippen molar-refractivity contribution < 1.29 is 9.31 Å². The van der Waals surface area contributed by atoms with E-state index in [0.29, 0.717) is 12.0 Å². The first kappa shape index (κ1) is 13.6. The van der Waals surface area contributed by atoms with Crippen molar-refractivity contribution in [3.05, 3.63) is 39.7 Å². The third-order valence-corrected chi connectivity index (χ3v) is 3.11. The summed E-state index contributed by atoms with van der Waals surface area (Å²) in [4.78, 5) is 9.91. The number of halogens is 1. The molecule has 2 unspecified atom stereocenters. The van der Waals surface area contributed by atoms with Crippen LogP contribution >= 0.6 is 0 Å². The smallest absolute Gasteiger partial charge is 0.305 e. The molecule has 5 heteroatoms. The molecule has 0 radical (unpaired) electrons. The third-order valence-electron chi connectivity index (χ3n) is 3.11. The van der Waals surface area contributed by atoms with E-state index in [1.807, 2.05) is 20.9 Å². The summed E-state index contributed by atoms with van der Waals surface area (Å²) < 4.78 is 13.8. The van der Waals surface area contributed by atoms with Crippen LogP contribution in [0.15, 0.2) is 18.2 Å². The second-order valence-corrected chi connectivity index (χ2v) is 4.27.